The molecule has 2 aromatic heterocycles. The molecule has 2 heterocycles. The van der Waals surface area contributed by atoms with Crippen LogP contribution in [0.4, 0.5) is 42.9 Å². The number of fused-ring (bicyclic) bond motifs is 10. The number of benzene rings is 11. The maximum absolute atomic E-state index is 14.7. The number of halogens is 2. The summed E-state index contributed by atoms with van der Waals surface area (Å²) in [6.45, 7) is 0. The lowest BCUT2D eigenvalue weighted by Crippen LogP contribution is -2.10. The van der Waals surface area contributed by atoms with E-state index in [-0.39, 0.29) is 11.6 Å². The second-order valence-electron chi connectivity index (χ2n) is 17.2. The highest BCUT2D eigenvalue weighted by Crippen LogP contribution is 2.50. The third-order valence-corrected chi connectivity index (χ3v) is 13.1. The Kier molecular flexibility index (Phi) is 9.18. The number of rotatable bonds is 8. The van der Waals surface area contributed by atoms with Crippen molar-refractivity contribution in [3.8, 4) is 22.3 Å². The van der Waals surface area contributed by atoms with Gasteiger partial charge in [-0.15, -0.1) is 0 Å². The zero-order valence-electron chi connectivity index (χ0n) is 36.4. The summed E-state index contributed by atoms with van der Waals surface area (Å²) in [6.07, 6.45) is 0. The lowest BCUT2D eigenvalue weighted by molar-refractivity contribution is 0.627. The maximum atomic E-state index is 14.7. The van der Waals surface area contributed by atoms with Gasteiger partial charge in [-0.25, -0.2) is 8.78 Å². The third-order valence-electron chi connectivity index (χ3n) is 13.1. The standard InChI is InChI=1S/C62H38F2N2O2/c63-46-21-30-49(31-22-46)65(48-25-15-41(16-26-48)39-9-3-1-4-10-39)52-29-19-44-36-55-57(37-45(44)35-52)67-62-56(38-58-59(60(55)62)54-34-20-43-13-7-8-14-53(43)61(54)68-58)66(51-32-23-47(64)24-33-51)50-27-17-42(18-28-50)40-11-5-2-6-12-40/h1-38H. The van der Waals surface area contributed by atoms with Gasteiger partial charge in [0.05, 0.1) is 5.69 Å². The van der Waals surface area contributed by atoms with Crippen LogP contribution in [0.2, 0.25) is 0 Å². The molecule has 6 heteroatoms. The van der Waals surface area contributed by atoms with Gasteiger partial charge in [-0.3, -0.25) is 0 Å². The predicted octanol–water partition coefficient (Wildman–Crippen LogP) is 18.3. The lowest BCUT2D eigenvalue weighted by atomic mass is 9.99. The van der Waals surface area contributed by atoms with Crippen molar-refractivity contribution >= 4 is 99.5 Å². The van der Waals surface area contributed by atoms with Crippen LogP contribution in [0.25, 0.3) is 87.7 Å². The van der Waals surface area contributed by atoms with Crippen LogP contribution in [0.3, 0.4) is 0 Å². The van der Waals surface area contributed by atoms with Crippen LogP contribution in [0.15, 0.2) is 239 Å². The van der Waals surface area contributed by atoms with Gasteiger partial charge in [-0.05, 0) is 142 Å². The van der Waals surface area contributed by atoms with Crippen LogP contribution in [-0.4, -0.2) is 0 Å². The highest BCUT2D eigenvalue weighted by Gasteiger charge is 2.26. The summed E-state index contributed by atoms with van der Waals surface area (Å²) in [5, 5.41) is 7.90. The van der Waals surface area contributed by atoms with Crippen molar-refractivity contribution in [2.24, 2.45) is 0 Å². The Hall–Kier alpha value is -9.00. The second kappa shape index (κ2) is 15.9. The average Bonchev–Trinajstić information content (AvgIpc) is 3.96. The minimum absolute atomic E-state index is 0.298. The second-order valence-corrected chi connectivity index (χ2v) is 17.2. The molecule has 0 bridgehead atoms. The highest BCUT2D eigenvalue weighted by atomic mass is 19.1. The average molecular weight is 881 g/mol. The van der Waals surface area contributed by atoms with Crippen molar-refractivity contribution in [3.05, 3.63) is 242 Å². The van der Waals surface area contributed by atoms with Crippen molar-refractivity contribution in [2.45, 2.75) is 0 Å². The van der Waals surface area contributed by atoms with Gasteiger partial charge in [0, 0.05) is 61.4 Å². The molecule has 0 aliphatic heterocycles. The van der Waals surface area contributed by atoms with Crippen LogP contribution < -0.4 is 9.80 Å². The molecule has 0 saturated carbocycles. The number of hydrogen-bond acceptors (Lipinski definition) is 4. The lowest BCUT2D eigenvalue weighted by Gasteiger charge is -2.26. The minimum atomic E-state index is -0.324. The first-order valence-electron chi connectivity index (χ1n) is 22.6. The first-order valence-corrected chi connectivity index (χ1v) is 22.6. The van der Waals surface area contributed by atoms with Gasteiger partial charge in [0.25, 0.3) is 0 Å². The van der Waals surface area contributed by atoms with E-state index in [4.69, 9.17) is 8.83 Å². The van der Waals surface area contributed by atoms with Crippen LogP contribution in [0.5, 0.6) is 0 Å². The number of nitrogens with zero attached hydrogens (tertiary/aromatic N) is 2. The SMILES string of the molecule is Fc1ccc(N(c2ccc(-c3ccccc3)cc2)c2ccc3cc4c(cc3c2)oc2c(N(c3ccc(F)cc3)c3ccc(-c5ccccc5)cc3)cc3oc5c6ccccc6ccc5c3c24)cc1. The van der Waals surface area contributed by atoms with Gasteiger partial charge < -0.3 is 18.6 Å². The van der Waals surface area contributed by atoms with E-state index in [2.05, 4.69) is 143 Å². The zero-order valence-corrected chi connectivity index (χ0v) is 36.4. The molecule has 11 aromatic carbocycles. The molecule has 13 aromatic rings. The topological polar surface area (TPSA) is 32.8 Å². The number of hydrogen-bond donors (Lipinski definition) is 0. The molecule has 68 heavy (non-hydrogen) atoms. The van der Waals surface area contributed by atoms with Crippen LogP contribution in [0.1, 0.15) is 0 Å². The Labute approximate surface area is 389 Å². The summed E-state index contributed by atoms with van der Waals surface area (Å²) >= 11 is 0. The molecule has 0 radical (unpaired) electrons. The van der Waals surface area contributed by atoms with E-state index in [1.807, 2.05) is 48.5 Å². The van der Waals surface area contributed by atoms with Gasteiger partial charge in [0.15, 0.2) is 5.58 Å². The summed E-state index contributed by atoms with van der Waals surface area (Å²) in [5.74, 6) is -0.622. The fourth-order valence-corrected chi connectivity index (χ4v) is 9.88. The van der Waals surface area contributed by atoms with Crippen LogP contribution in [0, 0.1) is 11.6 Å². The van der Waals surface area contributed by atoms with Gasteiger partial charge in [0.1, 0.15) is 28.4 Å². The predicted molar refractivity (Wildman–Crippen MR) is 276 cm³/mol. The largest absolute Gasteiger partial charge is 0.455 e. The molecule has 0 saturated heterocycles. The van der Waals surface area contributed by atoms with E-state index in [1.54, 1.807) is 24.3 Å². The number of furan rings is 2. The van der Waals surface area contributed by atoms with Gasteiger partial charge in [-0.1, -0.05) is 121 Å². The Balaban J connectivity index is 1.04. The molecule has 0 atom stereocenters. The smallest absolute Gasteiger partial charge is 0.160 e. The fourth-order valence-electron chi connectivity index (χ4n) is 9.88. The van der Waals surface area contributed by atoms with E-state index in [0.29, 0.717) is 16.7 Å². The molecule has 4 nitrogen and oxygen atoms in total. The molecule has 0 aliphatic rings. The molecule has 0 spiro atoms. The molecule has 0 unspecified atom stereocenters. The third kappa shape index (κ3) is 6.65. The van der Waals surface area contributed by atoms with Crippen molar-refractivity contribution in [1.82, 2.24) is 0 Å². The minimum Gasteiger partial charge on any atom is -0.455 e. The summed E-state index contributed by atoms with van der Waals surface area (Å²) in [5.41, 5.74) is 12.3. The summed E-state index contributed by atoms with van der Waals surface area (Å²) < 4.78 is 43.2. The Morgan fingerprint density at radius 2 is 0.794 bits per heavy atom. The van der Waals surface area contributed by atoms with E-state index >= 15 is 0 Å². The van der Waals surface area contributed by atoms with Gasteiger partial charge >= 0.3 is 0 Å². The molecular formula is C62H38F2N2O2. The van der Waals surface area contributed by atoms with Crippen LogP contribution >= 0.6 is 0 Å². The Bertz CT molecular complexity index is 4020. The molecular weight excluding hydrogens is 843 g/mol. The zero-order chi connectivity index (χ0) is 45.3. The molecule has 0 fully saturated rings. The van der Waals surface area contributed by atoms with E-state index in [1.165, 1.54) is 24.3 Å². The maximum Gasteiger partial charge on any atom is 0.160 e. The van der Waals surface area contributed by atoms with Crippen molar-refractivity contribution in [2.75, 3.05) is 9.80 Å². The molecule has 0 N–H and O–H groups in total. The van der Waals surface area contributed by atoms with Crippen LogP contribution in [-0.2, 0) is 0 Å². The van der Waals surface area contributed by atoms with E-state index in [9.17, 15) is 8.78 Å². The van der Waals surface area contributed by atoms with E-state index in [0.717, 1.165) is 105 Å². The molecule has 322 valence electrons. The van der Waals surface area contributed by atoms with Crippen molar-refractivity contribution in [3.63, 3.8) is 0 Å². The monoisotopic (exact) mass is 880 g/mol. The Morgan fingerprint density at radius 3 is 1.41 bits per heavy atom. The molecule has 0 amide bonds. The summed E-state index contributed by atoms with van der Waals surface area (Å²) in [7, 11) is 0. The van der Waals surface area contributed by atoms with Gasteiger partial charge in [-0.2, -0.15) is 0 Å². The summed E-state index contributed by atoms with van der Waals surface area (Å²) in [6, 6.07) is 75.9. The van der Waals surface area contributed by atoms with Crippen molar-refractivity contribution < 1.29 is 17.6 Å². The normalized spacial score (nSPS) is 11.7. The fraction of sp³-hybridized carbons (Fsp3) is 0. The highest BCUT2D eigenvalue weighted by molar-refractivity contribution is 6.31. The number of anilines is 6. The molecule has 0 aliphatic carbocycles. The first kappa shape index (κ1) is 39.4. The quantitative estimate of drug-likeness (QED) is 0.152. The van der Waals surface area contributed by atoms with Crippen molar-refractivity contribution in [1.29, 1.82) is 0 Å². The summed E-state index contributed by atoms with van der Waals surface area (Å²) in [4.78, 5) is 4.26. The molecule has 13 rings (SSSR count). The first-order chi connectivity index (χ1) is 33.5. The van der Waals surface area contributed by atoms with E-state index < -0.39 is 0 Å². The Morgan fingerprint density at radius 1 is 0.294 bits per heavy atom. The van der Waals surface area contributed by atoms with Gasteiger partial charge in [0.2, 0.25) is 0 Å².